The molecule has 6 nitrogen and oxygen atoms in total. The van der Waals surface area contributed by atoms with Crippen molar-refractivity contribution in [1.82, 2.24) is 10.2 Å². The van der Waals surface area contributed by atoms with Gasteiger partial charge in [0.25, 0.3) is 11.8 Å². The van der Waals surface area contributed by atoms with Gasteiger partial charge in [-0.15, -0.1) is 0 Å². The van der Waals surface area contributed by atoms with E-state index in [0.717, 1.165) is 18.6 Å². The molecule has 0 aromatic heterocycles. The van der Waals surface area contributed by atoms with Crippen LogP contribution >= 0.6 is 12.2 Å². The number of rotatable bonds is 11. The van der Waals surface area contributed by atoms with Gasteiger partial charge in [0.05, 0.1) is 6.61 Å². The number of thiocarbonyl (C=S) groups is 1. The number of hydrogen-bond acceptors (Lipinski definition) is 4. The molecule has 0 heterocycles. The highest BCUT2D eigenvalue weighted by Crippen LogP contribution is 2.15. The van der Waals surface area contributed by atoms with Crippen LogP contribution < -0.4 is 15.4 Å². The monoisotopic (exact) mass is 455 g/mol. The molecule has 2 rings (SSSR count). The Bertz CT molecular complexity index is 896. The summed E-state index contributed by atoms with van der Waals surface area (Å²) in [5.41, 5.74) is 1.69. The van der Waals surface area contributed by atoms with Gasteiger partial charge in [0.2, 0.25) is 0 Å². The van der Waals surface area contributed by atoms with Gasteiger partial charge in [0.1, 0.15) is 5.75 Å². The highest BCUT2D eigenvalue weighted by molar-refractivity contribution is 7.80. The molecule has 0 aliphatic rings. The molecule has 0 fully saturated rings. The number of carbonyl (C=O) groups excluding carboxylic acids is 2. The summed E-state index contributed by atoms with van der Waals surface area (Å²) in [5, 5.41) is 5.81. The maximum Gasteiger partial charge on any atom is 0.257 e. The van der Waals surface area contributed by atoms with Crippen LogP contribution in [0.1, 0.15) is 67.2 Å². The Hall–Kier alpha value is -2.93. The lowest BCUT2D eigenvalue weighted by atomic mass is 10.1. The zero-order valence-electron chi connectivity index (χ0n) is 19.1. The first-order valence-corrected chi connectivity index (χ1v) is 11.6. The highest BCUT2D eigenvalue weighted by atomic mass is 32.1. The zero-order valence-corrected chi connectivity index (χ0v) is 20.0. The second-order valence-corrected chi connectivity index (χ2v) is 7.81. The van der Waals surface area contributed by atoms with Gasteiger partial charge in [-0.05, 0) is 75.0 Å². The maximum atomic E-state index is 12.5. The second kappa shape index (κ2) is 13.5. The van der Waals surface area contributed by atoms with Crippen molar-refractivity contribution in [1.29, 1.82) is 0 Å². The molecule has 2 aromatic rings. The minimum Gasteiger partial charge on any atom is -0.494 e. The van der Waals surface area contributed by atoms with Crippen LogP contribution in [0.15, 0.2) is 48.5 Å². The van der Waals surface area contributed by atoms with Gasteiger partial charge >= 0.3 is 0 Å². The number of amides is 2. The summed E-state index contributed by atoms with van der Waals surface area (Å²) in [6.07, 6.45) is 4.60. The van der Waals surface area contributed by atoms with Crippen LogP contribution in [0, 0.1) is 0 Å². The molecule has 0 saturated heterocycles. The van der Waals surface area contributed by atoms with E-state index in [1.807, 2.05) is 13.8 Å². The molecule has 0 aliphatic heterocycles. The minimum atomic E-state index is -0.313. The lowest BCUT2D eigenvalue weighted by Gasteiger charge is -2.19. The first-order chi connectivity index (χ1) is 15.5. The van der Waals surface area contributed by atoms with Gasteiger partial charge in [0.15, 0.2) is 5.11 Å². The van der Waals surface area contributed by atoms with E-state index in [2.05, 4.69) is 17.6 Å². The van der Waals surface area contributed by atoms with Crippen LogP contribution in [-0.2, 0) is 0 Å². The summed E-state index contributed by atoms with van der Waals surface area (Å²) in [6, 6.07) is 14.1. The molecule has 172 valence electrons. The van der Waals surface area contributed by atoms with E-state index in [1.165, 1.54) is 12.8 Å². The quantitative estimate of drug-likeness (QED) is 0.357. The standard InChI is InChI=1S/C25H33N3O3S/c1-4-7-8-9-17-31-22-15-13-19(14-16-22)23(29)27-25(32)26-21-12-10-11-20(18-21)24(30)28(5-2)6-3/h10-16,18H,4-9,17H2,1-3H3,(H2,26,27,29,32). The lowest BCUT2D eigenvalue weighted by molar-refractivity contribution is 0.0772. The second-order valence-electron chi connectivity index (χ2n) is 7.40. The van der Waals surface area contributed by atoms with Crippen molar-refractivity contribution in [2.24, 2.45) is 0 Å². The molecule has 0 atom stereocenters. The molecule has 0 saturated carbocycles. The van der Waals surface area contributed by atoms with Crippen molar-refractivity contribution < 1.29 is 14.3 Å². The van der Waals surface area contributed by atoms with Gasteiger partial charge < -0.3 is 15.0 Å². The van der Waals surface area contributed by atoms with Crippen molar-refractivity contribution in [3.63, 3.8) is 0 Å². The van der Waals surface area contributed by atoms with Gasteiger partial charge in [0, 0.05) is 29.9 Å². The van der Waals surface area contributed by atoms with Crippen LogP contribution in [-0.4, -0.2) is 41.5 Å². The van der Waals surface area contributed by atoms with Crippen molar-refractivity contribution >= 4 is 34.8 Å². The molecule has 32 heavy (non-hydrogen) atoms. The first-order valence-electron chi connectivity index (χ1n) is 11.2. The minimum absolute atomic E-state index is 0.0405. The van der Waals surface area contributed by atoms with Crippen LogP contribution in [0.4, 0.5) is 5.69 Å². The highest BCUT2D eigenvalue weighted by Gasteiger charge is 2.13. The average Bonchev–Trinajstić information content (AvgIpc) is 2.80. The summed E-state index contributed by atoms with van der Waals surface area (Å²) in [4.78, 5) is 26.8. The average molecular weight is 456 g/mol. The third-order valence-corrected chi connectivity index (χ3v) is 5.23. The van der Waals surface area contributed by atoms with Crippen LogP contribution in [0.5, 0.6) is 5.75 Å². The van der Waals surface area contributed by atoms with E-state index in [-0.39, 0.29) is 16.9 Å². The molecule has 2 aromatic carbocycles. The third-order valence-electron chi connectivity index (χ3n) is 5.03. The number of hydrogen-bond donors (Lipinski definition) is 2. The number of benzene rings is 2. The molecule has 0 spiro atoms. The fourth-order valence-corrected chi connectivity index (χ4v) is 3.39. The van der Waals surface area contributed by atoms with Gasteiger partial charge in [-0.1, -0.05) is 32.3 Å². The number of ether oxygens (including phenoxy) is 1. The van der Waals surface area contributed by atoms with E-state index in [9.17, 15) is 9.59 Å². The predicted molar refractivity (Wildman–Crippen MR) is 133 cm³/mol. The fourth-order valence-electron chi connectivity index (χ4n) is 3.18. The van der Waals surface area contributed by atoms with Gasteiger partial charge in [-0.3, -0.25) is 14.9 Å². The van der Waals surface area contributed by atoms with E-state index >= 15 is 0 Å². The molecule has 2 amide bonds. The number of nitrogens with one attached hydrogen (secondary N) is 2. The summed E-state index contributed by atoms with van der Waals surface area (Å²) >= 11 is 5.27. The molecule has 0 radical (unpaired) electrons. The predicted octanol–water partition coefficient (Wildman–Crippen LogP) is 5.25. The van der Waals surface area contributed by atoms with E-state index in [0.29, 0.717) is 36.5 Å². The summed E-state index contributed by atoms with van der Waals surface area (Å²) in [7, 11) is 0. The molecule has 0 bridgehead atoms. The summed E-state index contributed by atoms with van der Waals surface area (Å²) in [5.74, 6) is 0.391. The normalized spacial score (nSPS) is 10.3. The SMILES string of the molecule is CCCCCCOc1ccc(C(=O)NC(=S)Nc2cccc(C(=O)N(CC)CC)c2)cc1. The topological polar surface area (TPSA) is 70.7 Å². The van der Waals surface area contributed by atoms with Gasteiger partial charge in [-0.2, -0.15) is 0 Å². The van der Waals surface area contributed by atoms with Crippen molar-refractivity contribution in [3.8, 4) is 5.75 Å². The van der Waals surface area contributed by atoms with E-state index in [1.54, 1.807) is 53.4 Å². The smallest absolute Gasteiger partial charge is 0.257 e. The summed E-state index contributed by atoms with van der Waals surface area (Å²) in [6.45, 7) is 8.03. The zero-order chi connectivity index (χ0) is 23.3. The Balaban J connectivity index is 1.88. The molecular formula is C25H33N3O3S. The largest absolute Gasteiger partial charge is 0.494 e. The van der Waals surface area contributed by atoms with E-state index < -0.39 is 0 Å². The van der Waals surface area contributed by atoms with Crippen LogP contribution in [0.25, 0.3) is 0 Å². The van der Waals surface area contributed by atoms with Crippen LogP contribution in [0.3, 0.4) is 0 Å². The summed E-state index contributed by atoms with van der Waals surface area (Å²) < 4.78 is 5.71. The number of nitrogens with zero attached hydrogens (tertiary/aromatic N) is 1. The van der Waals surface area contributed by atoms with Crippen molar-refractivity contribution in [2.45, 2.75) is 46.5 Å². The number of unbranched alkanes of at least 4 members (excludes halogenated alkanes) is 3. The lowest BCUT2D eigenvalue weighted by Crippen LogP contribution is -2.34. The molecular weight excluding hydrogens is 422 g/mol. The third kappa shape index (κ3) is 7.96. The molecule has 7 heteroatoms. The Labute approximate surface area is 196 Å². The molecule has 0 aliphatic carbocycles. The van der Waals surface area contributed by atoms with E-state index in [4.69, 9.17) is 17.0 Å². The van der Waals surface area contributed by atoms with Crippen LogP contribution in [0.2, 0.25) is 0 Å². The van der Waals surface area contributed by atoms with Gasteiger partial charge in [-0.25, -0.2) is 0 Å². The first kappa shape index (κ1) is 25.3. The van der Waals surface area contributed by atoms with Crippen molar-refractivity contribution in [3.05, 3.63) is 59.7 Å². The Morgan fingerprint density at radius 3 is 2.31 bits per heavy atom. The maximum absolute atomic E-state index is 12.5. The fraction of sp³-hybridized carbons (Fsp3) is 0.400. The molecule has 2 N–H and O–H groups in total. The Morgan fingerprint density at radius 2 is 1.66 bits per heavy atom. The number of anilines is 1. The number of carbonyl (C=O) groups is 2. The Kier molecular flexibility index (Phi) is 10.7. The Morgan fingerprint density at radius 1 is 0.938 bits per heavy atom. The molecule has 0 unspecified atom stereocenters. The van der Waals surface area contributed by atoms with Crippen molar-refractivity contribution in [2.75, 3.05) is 25.0 Å².